The predicted molar refractivity (Wildman–Crippen MR) is 79.8 cm³/mol. The first-order valence-electron chi connectivity index (χ1n) is 6.14. The number of amides is 2. The number of halogens is 1. The van der Waals surface area contributed by atoms with Gasteiger partial charge in [-0.2, -0.15) is 0 Å². The standard InChI is InChI=1S/C13H19ClN2O3S/c1-13(2,3)16-12(17)15-8-9-20(18,19)11-6-4-10(14)5-7-11/h4-7H,8-9H2,1-3H3,(H2,15,16,17). The highest BCUT2D eigenvalue weighted by atomic mass is 35.5. The lowest BCUT2D eigenvalue weighted by Gasteiger charge is -2.20. The molecule has 0 radical (unpaired) electrons. The van der Waals surface area contributed by atoms with Crippen LogP contribution in [-0.2, 0) is 9.84 Å². The van der Waals surface area contributed by atoms with Gasteiger partial charge in [0, 0.05) is 17.1 Å². The summed E-state index contributed by atoms with van der Waals surface area (Å²) in [6, 6.07) is 5.56. The smallest absolute Gasteiger partial charge is 0.315 e. The van der Waals surface area contributed by atoms with Gasteiger partial charge in [0.2, 0.25) is 0 Å². The lowest BCUT2D eigenvalue weighted by molar-refractivity contribution is 0.232. The van der Waals surface area contributed by atoms with Gasteiger partial charge in [-0.05, 0) is 45.0 Å². The van der Waals surface area contributed by atoms with Crippen LogP contribution >= 0.6 is 11.6 Å². The molecule has 1 aromatic rings. The van der Waals surface area contributed by atoms with Crippen LogP contribution in [0.3, 0.4) is 0 Å². The minimum Gasteiger partial charge on any atom is -0.337 e. The average Bonchev–Trinajstić information content (AvgIpc) is 2.26. The number of rotatable bonds is 4. The molecule has 112 valence electrons. The van der Waals surface area contributed by atoms with Crippen LogP contribution in [0.15, 0.2) is 29.2 Å². The maximum atomic E-state index is 12.0. The van der Waals surface area contributed by atoms with E-state index in [1.54, 1.807) is 0 Å². The molecule has 0 saturated carbocycles. The summed E-state index contributed by atoms with van der Waals surface area (Å²) < 4.78 is 24.0. The summed E-state index contributed by atoms with van der Waals surface area (Å²) in [5.41, 5.74) is -0.362. The quantitative estimate of drug-likeness (QED) is 0.893. The SMILES string of the molecule is CC(C)(C)NC(=O)NCCS(=O)(=O)c1ccc(Cl)cc1. The molecule has 1 rings (SSSR count). The van der Waals surface area contributed by atoms with E-state index in [2.05, 4.69) is 10.6 Å². The van der Waals surface area contributed by atoms with Crippen molar-refractivity contribution in [3.8, 4) is 0 Å². The summed E-state index contributed by atoms with van der Waals surface area (Å²) in [6.07, 6.45) is 0. The van der Waals surface area contributed by atoms with E-state index in [4.69, 9.17) is 11.6 Å². The Labute approximate surface area is 124 Å². The molecular weight excluding hydrogens is 300 g/mol. The molecule has 0 heterocycles. The molecule has 7 heteroatoms. The molecule has 0 bridgehead atoms. The zero-order valence-corrected chi connectivity index (χ0v) is 13.3. The first-order chi connectivity index (χ1) is 9.10. The van der Waals surface area contributed by atoms with Gasteiger partial charge in [0.25, 0.3) is 0 Å². The van der Waals surface area contributed by atoms with Crippen molar-refractivity contribution >= 4 is 27.5 Å². The third-order valence-corrected chi connectivity index (χ3v) is 4.30. The van der Waals surface area contributed by atoms with Gasteiger partial charge in [0.05, 0.1) is 10.6 Å². The highest BCUT2D eigenvalue weighted by molar-refractivity contribution is 7.91. The molecule has 0 aliphatic heterocycles. The van der Waals surface area contributed by atoms with Gasteiger partial charge in [-0.25, -0.2) is 13.2 Å². The largest absolute Gasteiger partial charge is 0.337 e. The molecule has 2 amide bonds. The van der Waals surface area contributed by atoms with Crippen LogP contribution < -0.4 is 10.6 Å². The fraction of sp³-hybridized carbons (Fsp3) is 0.462. The van der Waals surface area contributed by atoms with Crippen LogP contribution in [0.4, 0.5) is 4.79 Å². The molecule has 1 aromatic carbocycles. The number of nitrogens with one attached hydrogen (secondary N) is 2. The van der Waals surface area contributed by atoms with Gasteiger partial charge in [-0.1, -0.05) is 11.6 Å². The molecule has 0 aromatic heterocycles. The van der Waals surface area contributed by atoms with Gasteiger partial charge < -0.3 is 10.6 Å². The Balaban J connectivity index is 2.53. The summed E-state index contributed by atoms with van der Waals surface area (Å²) in [6.45, 7) is 5.58. The van der Waals surface area contributed by atoms with Crippen molar-refractivity contribution in [2.75, 3.05) is 12.3 Å². The number of benzene rings is 1. The Morgan fingerprint density at radius 3 is 2.25 bits per heavy atom. The van der Waals surface area contributed by atoms with E-state index in [-0.39, 0.29) is 28.8 Å². The van der Waals surface area contributed by atoms with Crippen molar-refractivity contribution in [1.29, 1.82) is 0 Å². The van der Waals surface area contributed by atoms with Gasteiger partial charge in [-0.15, -0.1) is 0 Å². The van der Waals surface area contributed by atoms with Crippen molar-refractivity contribution in [2.24, 2.45) is 0 Å². The molecular formula is C13H19ClN2O3S. The lowest BCUT2D eigenvalue weighted by atomic mass is 10.1. The first-order valence-corrected chi connectivity index (χ1v) is 8.17. The molecule has 5 nitrogen and oxygen atoms in total. The first kappa shape index (κ1) is 16.8. The molecule has 0 spiro atoms. The maximum Gasteiger partial charge on any atom is 0.315 e. The summed E-state index contributed by atoms with van der Waals surface area (Å²) in [5, 5.41) is 5.69. The number of hydrogen-bond donors (Lipinski definition) is 2. The van der Waals surface area contributed by atoms with Crippen LogP contribution in [0.25, 0.3) is 0 Å². The molecule has 0 saturated heterocycles. The van der Waals surface area contributed by atoms with Crippen molar-refractivity contribution in [2.45, 2.75) is 31.2 Å². The normalized spacial score (nSPS) is 12.0. The van der Waals surface area contributed by atoms with Crippen LogP contribution in [0.2, 0.25) is 5.02 Å². The Morgan fingerprint density at radius 2 is 1.75 bits per heavy atom. The molecule has 0 atom stereocenters. The molecule has 0 unspecified atom stereocenters. The van der Waals surface area contributed by atoms with Crippen molar-refractivity contribution in [3.05, 3.63) is 29.3 Å². The number of carbonyl (C=O) groups is 1. The topological polar surface area (TPSA) is 75.3 Å². The Morgan fingerprint density at radius 1 is 1.20 bits per heavy atom. The average molecular weight is 319 g/mol. The van der Waals surface area contributed by atoms with E-state index in [1.807, 2.05) is 20.8 Å². The van der Waals surface area contributed by atoms with Crippen molar-refractivity contribution in [1.82, 2.24) is 10.6 Å². The van der Waals surface area contributed by atoms with Gasteiger partial charge in [0.15, 0.2) is 9.84 Å². The lowest BCUT2D eigenvalue weighted by Crippen LogP contribution is -2.47. The van der Waals surface area contributed by atoms with E-state index in [0.717, 1.165) is 0 Å². The number of urea groups is 1. The van der Waals surface area contributed by atoms with Gasteiger partial charge in [-0.3, -0.25) is 0 Å². The van der Waals surface area contributed by atoms with Crippen LogP contribution in [0.5, 0.6) is 0 Å². The second-order valence-corrected chi connectivity index (χ2v) is 7.95. The highest BCUT2D eigenvalue weighted by Gasteiger charge is 2.16. The molecule has 20 heavy (non-hydrogen) atoms. The Bertz CT molecular complexity index is 562. The van der Waals surface area contributed by atoms with E-state index in [9.17, 15) is 13.2 Å². The van der Waals surface area contributed by atoms with Crippen LogP contribution in [-0.4, -0.2) is 32.3 Å². The van der Waals surface area contributed by atoms with Gasteiger partial charge in [0.1, 0.15) is 0 Å². The zero-order valence-electron chi connectivity index (χ0n) is 11.7. The van der Waals surface area contributed by atoms with Gasteiger partial charge >= 0.3 is 6.03 Å². The molecule has 0 aliphatic carbocycles. The van der Waals surface area contributed by atoms with E-state index in [1.165, 1.54) is 24.3 Å². The monoisotopic (exact) mass is 318 g/mol. The summed E-state index contributed by atoms with van der Waals surface area (Å²) in [5.74, 6) is -0.161. The maximum absolute atomic E-state index is 12.0. The summed E-state index contributed by atoms with van der Waals surface area (Å²) in [7, 11) is -3.42. The fourth-order valence-electron chi connectivity index (χ4n) is 1.44. The van der Waals surface area contributed by atoms with Crippen molar-refractivity contribution < 1.29 is 13.2 Å². The minimum absolute atomic E-state index is 0.0485. The number of hydrogen-bond acceptors (Lipinski definition) is 3. The van der Waals surface area contributed by atoms with E-state index >= 15 is 0 Å². The third kappa shape index (κ3) is 5.79. The minimum atomic E-state index is -3.42. The number of sulfone groups is 1. The summed E-state index contributed by atoms with van der Waals surface area (Å²) >= 11 is 5.71. The second-order valence-electron chi connectivity index (χ2n) is 5.40. The number of carbonyl (C=O) groups excluding carboxylic acids is 1. The second kappa shape index (κ2) is 6.45. The van der Waals surface area contributed by atoms with Crippen LogP contribution in [0, 0.1) is 0 Å². The predicted octanol–water partition coefficient (Wildman–Crippen LogP) is 2.21. The van der Waals surface area contributed by atoms with E-state index < -0.39 is 9.84 Å². The molecule has 0 fully saturated rings. The molecule has 0 aliphatic rings. The zero-order chi connectivity index (χ0) is 15.4. The Hall–Kier alpha value is -1.27. The van der Waals surface area contributed by atoms with E-state index in [0.29, 0.717) is 5.02 Å². The highest BCUT2D eigenvalue weighted by Crippen LogP contribution is 2.15. The summed E-state index contributed by atoms with van der Waals surface area (Å²) in [4.78, 5) is 11.7. The fourth-order valence-corrected chi connectivity index (χ4v) is 2.73. The van der Waals surface area contributed by atoms with Crippen LogP contribution in [0.1, 0.15) is 20.8 Å². The third-order valence-electron chi connectivity index (χ3n) is 2.32. The Kier molecular flexibility index (Phi) is 5.42. The van der Waals surface area contributed by atoms with Crippen molar-refractivity contribution in [3.63, 3.8) is 0 Å². The molecule has 2 N–H and O–H groups in total.